The molecule has 0 fully saturated rings. The molecule has 0 spiro atoms. The van der Waals surface area contributed by atoms with Gasteiger partial charge in [0.15, 0.2) is 0 Å². The number of imidazole rings is 1. The van der Waals surface area contributed by atoms with Crippen LogP contribution in [0.3, 0.4) is 0 Å². The number of benzene rings is 7. The summed E-state index contributed by atoms with van der Waals surface area (Å²) in [5.74, 6) is 2.26. The number of hydrogen-bond donors (Lipinski definition) is 0. The summed E-state index contributed by atoms with van der Waals surface area (Å²) in [6.07, 6.45) is 38.1. The number of rotatable bonds is 9. The highest BCUT2D eigenvalue weighted by Crippen LogP contribution is 2.44. The van der Waals surface area contributed by atoms with Crippen molar-refractivity contribution < 1.29 is 0 Å². The van der Waals surface area contributed by atoms with Gasteiger partial charge in [-0.05, 0) is 187 Å². The molecule has 5 aliphatic rings. The molecule has 13 rings (SSSR count). The van der Waals surface area contributed by atoms with Gasteiger partial charge in [-0.15, -0.1) is 0 Å². The highest BCUT2D eigenvalue weighted by molar-refractivity contribution is 6.08. The molecule has 5 aliphatic carbocycles. The Morgan fingerprint density at radius 2 is 1.22 bits per heavy atom. The van der Waals surface area contributed by atoms with Crippen LogP contribution in [-0.4, -0.2) is 9.55 Å². The highest BCUT2D eigenvalue weighted by atomic mass is 15.1. The van der Waals surface area contributed by atoms with Gasteiger partial charge < -0.3 is 0 Å². The molecular weight excluding hydrogens is 881 g/mol. The van der Waals surface area contributed by atoms with E-state index < -0.39 is 0 Å². The molecule has 1 aromatic heterocycles. The van der Waals surface area contributed by atoms with Crippen LogP contribution < -0.4 is 10.4 Å². The SMILES string of the molecule is CC1C=CC=C(c2cc(-c3ccccc3)cc(-c3c4c(c(C5=CC(C6=CC=CCC6C)CC(c6ccccc6)=C5)c5cc(-c6ccc(-c7nc8ccccc8n7C7=CC=CCC7)cc6)ccc35)=CCCC=4)c2)C1. The third-order valence-electron chi connectivity index (χ3n) is 16.0. The first kappa shape index (κ1) is 44.8. The van der Waals surface area contributed by atoms with Crippen molar-refractivity contribution in [3.05, 3.63) is 245 Å². The van der Waals surface area contributed by atoms with Crippen molar-refractivity contribution in [3.63, 3.8) is 0 Å². The molecule has 0 saturated carbocycles. The van der Waals surface area contributed by atoms with E-state index in [1.807, 2.05) is 0 Å². The first-order chi connectivity index (χ1) is 36.0. The molecule has 73 heavy (non-hydrogen) atoms. The average Bonchev–Trinajstić information content (AvgIpc) is 3.85. The fourth-order valence-corrected chi connectivity index (χ4v) is 12.4. The average molecular weight is 941 g/mol. The molecule has 3 atom stereocenters. The van der Waals surface area contributed by atoms with E-state index in [1.165, 1.54) is 99.3 Å². The zero-order valence-corrected chi connectivity index (χ0v) is 41.9. The Hall–Kier alpha value is -8.07. The lowest BCUT2D eigenvalue weighted by Gasteiger charge is -2.30. The van der Waals surface area contributed by atoms with Crippen molar-refractivity contribution in [2.75, 3.05) is 0 Å². The molecular formula is C71H60N2. The Labute approximate surface area is 430 Å². The first-order valence-electron chi connectivity index (χ1n) is 26.7. The maximum absolute atomic E-state index is 5.25. The van der Waals surface area contributed by atoms with Gasteiger partial charge in [0.05, 0.1) is 11.0 Å². The lowest BCUT2D eigenvalue weighted by molar-refractivity contribution is 0.592. The van der Waals surface area contributed by atoms with Crippen LogP contribution in [-0.2, 0) is 0 Å². The van der Waals surface area contributed by atoms with Crippen molar-refractivity contribution in [2.24, 2.45) is 17.8 Å². The third-order valence-corrected chi connectivity index (χ3v) is 16.0. The largest absolute Gasteiger partial charge is 0.296 e. The van der Waals surface area contributed by atoms with Crippen molar-refractivity contribution >= 4 is 56.4 Å². The molecule has 0 amide bonds. The molecule has 3 unspecified atom stereocenters. The predicted octanol–water partition coefficient (Wildman–Crippen LogP) is 17.4. The van der Waals surface area contributed by atoms with E-state index in [0.717, 1.165) is 67.4 Å². The number of hydrogen-bond acceptors (Lipinski definition) is 1. The van der Waals surface area contributed by atoms with E-state index in [-0.39, 0.29) is 0 Å². The summed E-state index contributed by atoms with van der Waals surface area (Å²) in [6, 6.07) is 54.6. The summed E-state index contributed by atoms with van der Waals surface area (Å²) in [6.45, 7) is 4.74. The van der Waals surface area contributed by atoms with Crippen LogP contribution in [0.25, 0.3) is 101 Å². The van der Waals surface area contributed by atoms with Crippen molar-refractivity contribution in [1.82, 2.24) is 9.55 Å². The van der Waals surface area contributed by atoms with E-state index in [9.17, 15) is 0 Å². The zero-order valence-electron chi connectivity index (χ0n) is 41.9. The van der Waals surface area contributed by atoms with Gasteiger partial charge in [0.1, 0.15) is 5.82 Å². The topological polar surface area (TPSA) is 17.8 Å². The molecule has 354 valence electrons. The summed E-state index contributed by atoms with van der Waals surface area (Å²) in [7, 11) is 0. The summed E-state index contributed by atoms with van der Waals surface area (Å²) in [5, 5.41) is 5.29. The number of fused-ring (bicyclic) bond motifs is 3. The van der Waals surface area contributed by atoms with Gasteiger partial charge in [-0.1, -0.05) is 202 Å². The van der Waals surface area contributed by atoms with Gasteiger partial charge in [-0.3, -0.25) is 4.57 Å². The third kappa shape index (κ3) is 8.49. The smallest absolute Gasteiger partial charge is 0.145 e. The fourth-order valence-electron chi connectivity index (χ4n) is 12.4. The second kappa shape index (κ2) is 19.2. The maximum atomic E-state index is 5.25. The Morgan fingerprint density at radius 1 is 0.521 bits per heavy atom. The molecule has 0 saturated heterocycles. The van der Waals surface area contributed by atoms with E-state index in [4.69, 9.17) is 4.98 Å². The number of aromatic nitrogens is 2. The lowest BCUT2D eigenvalue weighted by atomic mass is 9.74. The normalized spacial score (nSPS) is 19.3. The van der Waals surface area contributed by atoms with E-state index in [0.29, 0.717) is 17.8 Å². The monoisotopic (exact) mass is 940 g/mol. The van der Waals surface area contributed by atoms with Gasteiger partial charge in [0, 0.05) is 17.2 Å². The number of allylic oxidation sites excluding steroid dienone is 16. The first-order valence-corrected chi connectivity index (χ1v) is 26.7. The molecule has 0 aliphatic heterocycles. The van der Waals surface area contributed by atoms with Crippen LogP contribution in [0.15, 0.2) is 218 Å². The minimum atomic E-state index is 0.291. The van der Waals surface area contributed by atoms with Crippen molar-refractivity contribution in [1.29, 1.82) is 0 Å². The van der Waals surface area contributed by atoms with Crippen molar-refractivity contribution in [3.8, 4) is 44.8 Å². The Bertz CT molecular complexity index is 3880. The minimum absolute atomic E-state index is 0.291. The molecule has 2 nitrogen and oxygen atoms in total. The summed E-state index contributed by atoms with van der Waals surface area (Å²) < 4.78 is 2.37. The quantitative estimate of drug-likeness (QED) is 0.141. The molecule has 2 heteroatoms. The standard InChI is InChI=1S/C71H60N2/c1-47-19-18-25-53(39-47)57-40-55(49-21-6-3-7-22-49)42-59(44-57)69-63-29-14-15-30-64(63)70(60-43-56(50-23-8-4-9-24-50)41-58(45-60)62-28-13-12-20-48(62)2)66-46-54(37-38-65(66)69)51-33-35-52(36-34-51)71-72-67-31-16-17-32-68(67)73(71)61-26-10-5-11-27-61/h3-10,12-13,16-19,21-26,28-38,40,42-48,58H,11,14-15,20,27,39,41H2,1-2H3. The second-order valence-electron chi connectivity index (χ2n) is 20.9. The van der Waals surface area contributed by atoms with Gasteiger partial charge in [-0.2, -0.15) is 0 Å². The van der Waals surface area contributed by atoms with Crippen molar-refractivity contribution in [2.45, 2.75) is 58.8 Å². The van der Waals surface area contributed by atoms with Crippen LogP contribution in [0, 0.1) is 17.8 Å². The van der Waals surface area contributed by atoms with Gasteiger partial charge >= 0.3 is 0 Å². The number of nitrogens with zero attached hydrogens (tertiary/aromatic N) is 2. The van der Waals surface area contributed by atoms with E-state index >= 15 is 0 Å². The maximum Gasteiger partial charge on any atom is 0.145 e. The van der Waals surface area contributed by atoms with Gasteiger partial charge in [0.2, 0.25) is 0 Å². The summed E-state index contributed by atoms with van der Waals surface area (Å²) in [5.41, 5.74) is 21.6. The lowest BCUT2D eigenvalue weighted by Crippen LogP contribution is -2.33. The van der Waals surface area contributed by atoms with Crippen LogP contribution in [0.2, 0.25) is 0 Å². The molecule has 0 bridgehead atoms. The van der Waals surface area contributed by atoms with Crippen LogP contribution in [0.5, 0.6) is 0 Å². The summed E-state index contributed by atoms with van der Waals surface area (Å²) in [4.78, 5) is 5.25. The molecule has 1 heterocycles. The van der Waals surface area contributed by atoms with Gasteiger partial charge in [0.25, 0.3) is 0 Å². The second-order valence-corrected chi connectivity index (χ2v) is 20.9. The molecule has 8 aromatic rings. The predicted molar refractivity (Wildman–Crippen MR) is 311 cm³/mol. The fraction of sp³-hybridized carbons (Fsp3) is 0.169. The Kier molecular flexibility index (Phi) is 11.8. The number of para-hydroxylation sites is 2. The Balaban J connectivity index is 1.05. The molecule has 0 radical (unpaired) electrons. The van der Waals surface area contributed by atoms with E-state index in [1.54, 1.807) is 0 Å². The van der Waals surface area contributed by atoms with Gasteiger partial charge in [-0.25, -0.2) is 4.98 Å². The Morgan fingerprint density at radius 3 is 2.00 bits per heavy atom. The van der Waals surface area contributed by atoms with Crippen LogP contribution >= 0.6 is 0 Å². The minimum Gasteiger partial charge on any atom is -0.296 e. The van der Waals surface area contributed by atoms with Crippen LogP contribution in [0.1, 0.15) is 75.5 Å². The summed E-state index contributed by atoms with van der Waals surface area (Å²) >= 11 is 0. The highest BCUT2D eigenvalue weighted by Gasteiger charge is 2.27. The molecule has 7 aromatic carbocycles. The van der Waals surface area contributed by atoms with Crippen LogP contribution in [0.4, 0.5) is 0 Å². The molecule has 0 N–H and O–H groups in total. The van der Waals surface area contributed by atoms with E-state index in [2.05, 4.69) is 243 Å². The zero-order chi connectivity index (χ0) is 48.8.